The van der Waals surface area contributed by atoms with Gasteiger partial charge < -0.3 is 19.7 Å². The van der Waals surface area contributed by atoms with Gasteiger partial charge in [-0.1, -0.05) is 26.0 Å². The van der Waals surface area contributed by atoms with Gasteiger partial charge in [0.05, 0.1) is 19.7 Å². The third-order valence-corrected chi connectivity index (χ3v) is 6.31. The van der Waals surface area contributed by atoms with Crippen LogP contribution >= 0.6 is 0 Å². The molecule has 8 heteroatoms. The second-order valence-corrected chi connectivity index (χ2v) is 10.5. The smallest absolute Gasteiger partial charge is 0.411 e. The van der Waals surface area contributed by atoms with Crippen molar-refractivity contribution in [1.82, 2.24) is 15.1 Å². The molecule has 1 N–H and O–H groups in total. The number of amides is 2. The summed E-state index contributed by atoms with van der Waals surface area (Å²) in [4.78, 5) is 42.0. The van der Waals surface area contributed by atoms with Crippen molar-refractivity contribution in [2.75, 3.05) is 20.2 Å². The molecule has 182 valence electrons. The van der Waals surface area contributed by atoms with Crippen LogP contribution in [0.2, 0.25) is 0 Å². The molecule has 1 spiro atoms. The summed E-state index contributed by atoms with van der Waals surface area (Å²) in [7, 11) is 1.61. The molecule has 2 amide bonds. The Bertz CT molecular complexity index is 892. The van der Waals surface area contributed by atoms with Crippen molar-refractivity contribution in [2.24, 2.45) is 5.92 Å². The number of carbonyl (C=O) groups is 3. The third kappa shape index (κ3) is 5.32. The summed E-state index contributed by atoms with van der Waals surface area (Å²) >= 11 is 0. The number of nitrogens with zero attached hydrogens (tertiary/aromatic N) is 2. The topological polar surface area (TPSA) is 88.2 Å². The molecular weight excluding hydrogens is 422 g/mol. The fourth-order valence-corrected chi connectivity index (χ4v) is 4.78. The summed E-state index contributed by atoms with van der Waals surface area (Å²) in [5.41, 5.74) is -0.615. The van der Waals surface area contributed by atoms with Crippen LogP contribution in [0.5, 0.6) is 5.75 Å². The van der Waals surface area contributed by atoms with Crippen LogP contribution < -0.4 is 10.1 Å². The Balaban J connectivity index is 1.78. The number of ether oxygens (including phenoxy) is 2. The van der Waals surface area contributed by atoms with Crippen LogP contribution in [0.15, 0.2) is 24.3 Å². The number of nitrogens with one attached hydrogen (secondary N) is 1. The molecule has 33 heavy (non-hydrogen) atoms. The predicted molar refractivity (Wildman–Crippen MR) is 125 cm³/mol. The summed E-state index contributed by atoms with van der Waals surface area (Å²) < 4.78 is 10.8. The van der Waals surface area contributed by atoms with Crippen molar-refractivity contribution < 1.29 is 23.9 Å². The summed E-state index contributed by atoms with van der Waals surface area (Å²) in [6.07, 6.45) is -0.0334. The first-order valence-corrected chi connectivity index (χ1v) is 11.6. The van der Waals surface area contributed by atoms with Crippen LogP contribution in [0.3, 0.4) is 0 Å². The molecule has 0 saturated carbocycles. The molecule has 0 aromatic heterocycles. The standard InChI is InChI=1S/C25H37N3O5/c1-16(2)21(17(3)29)26-19-12-25(28(14-19)23(31)33-24(4,5)6)15-27(22(25)30)13-18-8-10-20(32-7)11-9-18/h8-11,16,19,21,26H,12-15H2,1-7H3/t19?,21-,25?/m0/s1. The Labute approximate surface area is 196 Å². The van der Waals surface area contributed by atoms with Crippen molar-refractivity contribution >= 4 is 17.8 Å². The highest BCUT2D eigenvalue weighted by Crippen LogP contribution is 2.41. The van der Waals surface area contributed by atoms with E-state index in [1.54, 1.807) is 23.8 Å². The van der Waals surface area contributed by atoms with E-state index in [-0.39, 0.29) is 29.7 Å². The summed E-state index contributed by atoms with van der Waals surface area (Å²) in [6, 6.07) is 7.11. The van der Waals surface area contributed by atoms with Gasteiger partial charge in [-0.25, -0.2) is 4.79 Å². The molecule has 0 radical (unpaired) electrons. The Hall–Kier alpha value is -2.61. The molecule has 2 fully saturated rings. The number of hydrogen-bond acceptors (Lipinski definition) is 6. The molecule has 2 aliphatic heterocycles. The van der Waals surface area contributed by atoms with Gasteiger partial charge in [-0.15, -0.1) is 0 Å². The van der Waals surface area contributed by atoms with Gasteiger partial charge in [0.25, 0.3) is 5.91 Å². The first-order valence-electron chi connectivity index (χ1n) is 11.6. The number of hydrogen-bond donors (Lipinski definition) is 1. The van der Waals surface area contributed by atoms with Gasteiger partial charge in [-0.05, 0) is 57.7 Å². The van der Waals surface area contributed by atoms with Crippen LogP contribution in [-0.4, -0.2) is 71.0 Å². The minimum Gasteiger partial charge on any atom is -0.497 e. The van der Waals surface area contributed by atoms with Crippen molar-refractivity contribution in [2.45, 2.75) is 77.7 Å². The molecule has 2 saturated heterocycles. The van der Waals surface area contributed by atoms with E-state index < -0.39 is 17.2 Å². The predicted octanol–water partition coefficient (Wildman–Crippen LogP) is 2.99. The second-order valence-electron chi connectivity index (χ2n) is 10.5. The van der Waals surface area contributed by atoms with Crippen molar-refractivity contribution in [3.63, 3.8) is 0 Å². The molecule has 0 aliphatic carbocycles. The maximum Gasteiger partial charge on any atom is 0.411 e. The quantitative estimate of drug-likeness (QED) is 0.631. The molecule has 2 heterocycles. The van der Waals surface area contributed by atoms with E-state index in [9.17, 15) is 14.4 Å². The lowest BCUT2D eigenvalue weighted by Crippen LogP contribution is -2.72. The van der Waals surface area contributed by atoms with Gasteiger partial charge in [0.15, 0.2) is 0 Å². The Morgan fingerprint density at radius 3 is 2.33 bits per heavy atom. The molecule has 1 aromatic rings. The minimum absolute atomic E-state index is 0.0517. The molecule has 3 atom stereocenters. The minimum atomic E-state index is -0.940. The van der Waals surface area contributed by atoms with Gasteiger partial charge in [0, 0.05) is 19.1 Å². The fourth-order valence-electron chi connectivity index (χ4n) is 4.78. The summed E-state index contributed by atoms with van der Waals surface area (Å²) in [5, 5.41) is 3.40. The number of methoxy groups -OCH3 is 1. The SMILES string of the molecule is COc1ccc(CN2CC3(CC(N[C@H](C(C)=O)C(C)C)CN3C(=O)OC(C)(C)C)C2=O)cc1. The summed E-state index contributed by atoms with van der Waals surface area (Å²) in [5.74, 6) is 0.835. The van der Waals surface area contributed by atoms with E-state index in [0.29, 0.717) is 26.1 Å². The van der Waals surface area contributed by atoms with Crippen LogP contribution in [0.4, 0.5) is 4.79 Å². The van der Waals surface area contributed by atoms with Crippen LogP contribution in [0.25, 0.3) is 0 Å². The van der Waals surface area contributed by atoms with E-state index >= 15 is 0 Å². The zero-order valence-corrected chi connectivity index (χ0v) is 20.8. The van der Waals surface area contributed by atoms with E-state index in [2.05, 4.69) is 5.32 Å². The van der Waals surface area contributed by atoms with E-state index in [4.69, 9.17) is 9.47 Å². The lowest BCUT2D eigenvalue weighted by atomic mass is 9.84. The van der Waals surface area contributed by atoms with Crippen LogP contribution in [0, 0.1) is 5.92 Å². The average Bonchev–Trinajstić information content (AvgIpc) is 3.11. The summed E-state index contributed by atoms with van der Waals surface area (Å²) in [6.45, 7) is 12.2. The average molecular weight is 460 g/mol. The van der Waals surface area contributed by atoms with Gasteiger partial charge in [-0.3, -0.25) is 14.5 Å². The number of benzene rings is 1. The number of rotatable bonds is 7. The van der Waals surface area contributed by atoms with E-state index in [0.717, 1.165) is 11.3 Å². The zero-order chi connectivity index (χ0) is 24.6. The number of carbonyl (C=O) groups excluding carboxylic acids is 3. The maximum absolute atomic E-state index is 13.4. The second kappa shape index (κ2) is 9.33. The molecule has 2 unspecified atom stereocenters. The Morgan fingerprint density at radius 2 is 1.85 bits per heavy atom. The maximum atomic E-state index is 13.4. The largest absolute Gasteiger partial charge is 0.497 e. The number of ketones is 1. The lowest BCUT2D eigenvalue weighted by Gasteiger charge is -2.50. The first-order chi connectivity index (χ1) is 15.4. The Morgan fingerprint density at radius 1 is 1.21 bits per heavy atom. The van der Waals surface area contributed by atoms with Crippen molar-refractivity contribution in [3.05, 3.63) is 29.8 Å². The molecule has 0 bridgehead atoms. The van der Waals surface area contributed by atoms with Crippen molar-refractivity contribution in [1.29, 1.82) is 0 Å². The fraction of sp³-hybridized carbons (Fsp3) is 0.640. The molecule has 1 aromatic carbocycles. The highest BCUT2D eigenvalue weighted by Gasteiger charge is 2.62. The van der Waals surface area contributed by atoms with E-state index in [1.165, 1.54) is 0 Å². The number of likely N-dealkylation sites (tertiary alicyclic amines) is 2. The van der Waals surface area contributed by atoms with Gasteiger partial charge in [0.1, 0.15) is 22.7 Å². The molecule has 2 aliphatic rings. The Kier molecular flexibility index (Phi) is 7.07. The number of Topliss-reactive ketones (excluding diaryl/α,β-unsaturated/α-hetero) is 1. The normalized spacial score (nSPS) is 23.6. The van der Waals surface area contributed by atoms with Crippen molar-refractivity contribution in [3.8, 4) is 5.75 Å². The lowest BCUT2D eigenvalue weighted by molar-refractivity contribution is -0.161. The third-order valence-electron chi connectivity index (χ3n) is 6.31. The molecule has 3 rings (SSSR count). The van der Waals surface area contributed by atoms with Gasteiger partial charge in [0.2, 0.25) is 0 Å². The molecular formula is C25H37N3O5. The number of β-lactam (4-membered cyclic amide) rings is 1. The highest BCUT2D eigenvalue weighted by molar-refractivity contribution is 5.96. The monoisotopic (exact) mass is 459 g/mol. The first kappa shape index (κ1) is 25.0. The van der Waals surface area contributed by atoms with Crippen LogP contribution in [0.1, 0.15) is 53.5 Å². The molecule has 8 nitrogen and oxygen atoms in total. The van der Waals surface area contributed by atoms with Gasteiger partial charge in [-0.2, -0.15) is 0 Å². The zero-order valence-electron chi connectivity index (χ0n) is 20.8. The van der Waals surface area contributed by atoms with Gasteiger partial charge >= 0.3 is 6.09 Å². The highest BCUT2D eigenvalue weighted by atomic mass is 16.6. The van der Waals surface area contributed by atoms with Crippen LogP contribution in [-0.2, 0) is 20.9 Å². The van der Waals surface area contributed by atoms with E-state index in [1.807, 2.05) is 58.9 Å².